The molecule has 0 saturated heterocycles. The molecule has 1 aliphatic heterocycles. The summed E-state index contributed by atoms with van der Waals surface area (Å²) in [4.78, 5) is 21.3. The van der Waals surface area contributed by atoms with Crippen molar-refractivity contribution in [1.82, 2.24) is 9.96 Å². The van der Waals surface area contributed by atoms with E-state index in [9.17, 15) is 4.79 Å². The van der Waals surface area contributed by atoms with E-state index in [1.54, 1.807) is 12.0 Å². The summed E-state index contributed by atoms with van der Waals surface area (Å²) in [6.07, 6.45) is 7.31. The molecule has 2 aliphatic rings. The van der Waals surface area contributed by atoms with E-state index in [1.807, 2.05) is 42.5 Å². The second kappa shape index (κ2) is 9.53. The Hall–Kier alpha value is -2.84. The molecule has 4 rings (SSSR count). The number of carbonyl (C=O) groups excluding carboxylic acids is 1. The Morgan fingerprint density at radius 2 is 1.90 bits per heavy atom. The highest BCUT2D eigenvalue weighted by Gasteiger charge is 2.42. The van der Waals surface area contributed by atoms with Gasteiger partial charge in [-0.1, -0.05) is 43.5 Å². The smallest absolute Gasteiger partial charge is 0.252 e. The zero-order valence-electron chi connectivity index (χ0n) is 18.3. The van der Waals surface area contributed by atoms with Crippen LogP contribution in [-0.4, -0.2) is 34.5 Å². The number of benzene rings is 2. The molecule has 0 aromatic heterocycles. The molecule has 0 atom stereocenters. The Bertz CT molecular complexity index is 945. The molecule has 0 unspecified atom stereocenters. The molecule has 0 spiro atoms. The van der Waals surface area contributed by atoms with Gasteiger partial charge in [0, 0.05) is 26.6 Å². The van der Waals surface area contributed by atoms with E-state index in [0.717, 1.165) is 63.7 Å². The van der Waals surface area contributed by atoms with Crippen LogP contribution in [0.15, 0.2) is 48.5 Å². The molecule has 1 aliphatic carbocycles. The summed E-state index contributed by atoms with van der Waals surface area (Å²) in [7, 11) is 0. The Morgan fingerprint density at radius 1 is 1.13 bits per heavy atom. The van der Waals surface area contributed by atoms with Gasteiger partial charge >= 0.3 is 0 Å². The SMILES string of the molecule is CC(=O)N(Oc1ccccc1)C1(CCN2CCc3cc(C#N)ccc3C2)CCCCC1. The number of amides is 1. The van der Waals surface area contributed by atoms with Crippen molar-refractivity contribution >= 4 is 5.91 Å². The second-order valence-corrected chi connectivity index (χ2v) is 8.87. The largest absolute Gasteiger partial charge is 0.376 e. The third kappa shape index (κ3) is 4.91. The number of hydroxylamine groups is 2. The van der Waals surface area contributed by atoms with Crippen LogP contribution in [0, 0.1) is 11.3 Å². The molecule has 31 heavy (non-hydrogen) atoms. The lowest BCUT2D eigenvalue weighted by molar-refractivity contribution is -0.186. The van der Waals surface area contributed by atoms with Crippen molar-refractivity contribution in [3.8, 4) is 11.8 Å². The van der Waals surface area contributed by atoms with Crippen LogP contribution in [0.5, 0.6) is 5.75 Å². The van der Waals surface area contributed by atoms with Crippen molar-refractivity contribution in [2.24, 2.45) is 0 Å². The lowest BCUT2D eigenvalue weighted by Gasteiger charge is -2.45. The van der Waals surface area contributed by atoms with E-state index in [4.69, 9.17) is 10.1 Å². The highest BCUT2D eigenvalue weighted by Crippen LogP contribution is 2.38. The number of nitrogens with zero attached hydrogens (tertiary/aromatic N) is 3. The number of carbonyl (C=O) groups is 1. The zero-order chi connectivity index (χ0) is 21.7. The molecule has 162 valence electrons. The molecule has 2 aromatic carbocycles. The standard InChI is InChI=1S/C26H31N3O2/c1-21(30)29(31-25-8-4-2-5-9-25)26(13-6-3-7-14-26)15-17-28-16-12-23-18-22(19-27)10-11-24(23)20-28/h2,4-5,8-11,18H,3,6-7,12-17,20H2,1H3. The molecule has 2 aromatic rings. The van der Waals surface area contributed by atoms with Crippen LogP contribution in [0.4, 0.5) is 0 Å². The first-order valence-electron chi connectivity index (χ1n) is 11.4. The fraction of sp³-hybridized carbons (Fsp3) is 0.462. The number of fused-ring (bicyclic) bond motifs is 1. The number of nitriles is 1. The van der Waals surface area contributed by atoms with Gasteiger partial charge in [0.2, 0.25) is 0 Å². The van der Waals surface area contributed by atoms with Crippen LogP contribution in [0.25, 0.3) is 0 Å². The average molecular weight is 418 g/mol. The minimum absolute atomic E-state index is 0.0289. The summed E-state index contributed by atoms with van der Waals surface area (Å²) in [5.74, 6) is 0.682. The van der Waals surface area contributed by atoms with Crippen LogP contribution in [0.2, 0.25) is 0 Å². The summed E-state index contributed by atoms with van der Waals surface area (Å²) in [5, 5.41) is 10.8. The van der Waals surface area contributed by atoms with Crippen LogP contribution >= 0.6 is 0 Å². The molecule has 0 N–H and O–H groups in total. The molecule has 1 saturated carbocycles. The number of hydrogen-bond donors (Lipinski definition) is 0. The van der Waals surface area contributed by atoms with Gasteiger partial charge in [0.1, 0.15) is 0 Å². The fourth-order valence-corrected chi connectivity index (χ4v) is 5.08. The van der Waals surface area contributed by atoms with E-state index in [0.29, 0.717) is 5.75 Å². The monoisotopic (exact) mass is 417 g/mol. The van der Waals surface area contributed by atoms with Gasteiger partial charge in [-0.05, 0) is 61.1 Å². The summed E-state index contributed by atoms with van der Waals surface area (Å²) in [5.41, 5.74) is 3.08. The molecule has 1 heterocycles. The average Bonchev–Trinajstić information content (AvgIpc) is 2.82. The van der Waals surface area contributed by atoms with Gasteiger partial charge in [-0.3, -0.25) is 9.69 Å². The predicted molar refractivity (Wildman–Crippen MR) is 120 cm³/mol. The fourth-order valence-electron chi connectivity index (χ4n) is 5.08. The molecule has 1 amide bonds. The molecule has 5 nitrogen and oxygen atoms in total. The molecule has 5 heteroatoms. The second-order valence-electron chi connectivity index (χ2n) is 8.87. The first-order valence-corrected chi connectivity index (χ1v) is 11.4. The van der Waals surface area contributed by atoms with Crippen LogP contribution in [0.3, 0.4) is 0 Å². The van der Waals surface area contributed by atoms with Gasteiger partial charge < -0.3 is 4.84 Å². The van der Waals surface area contributed by atoms with Gasteiger partial charge in [-0.15, -0.1) is 0 Å². The van der Waals surface area contributed by atoms with Crippen LogP contribution in [0.1, 0.15) is 62.1 Å². The van der Waals surface area contributed by atoms with Gasteiger partial charge in [0.05, 0.1) is 17.2 Å². The molecular weight excluding hydrogens is 386 g/mol. The highest BCUT2D eigenvalue weighted by molar-refractivity contribution is 5.73. The van der Waals surface area contributed by atoms with Crippen LogP contribution < -0.4 is 4.84 Å². The van der Waals surface area contributed by atoms with Crippen molar-refractivity contribution in [1.29, 1.82) is 5.26 Å². The van der Waals surface area contributed by atoms with Crippen molar-refractivity contribution < 1.29 is 9.63 Å². The predicted octanol–water partition coefficient (Wildman–Crippen LogP) is 4.85. The number of para-hydroxylation sites is 1. The summed E-state index contributed by atoms with van der Waals surface area (Å²) < 4.78 is 0. The van der Waals surface area contributed by atoms with Crippen molar-refractivity contribution in [2.45, 2.75) is 64.0 Å². The Labute approximate surface area is 185 Å². The van der Waals surface area contributed by atoms with Crippen molar-refractivity contribution in [2.75, 3.05) is 13.1 Å². The van der Waals surface area contributed by atoms with E-state index >= 15 is 0 Å². The van der Waals surface area contributed by atoms with Gasteiger partial charge in [0.15, 0.2) is 5.75 Å². The van der Waals surface area contributed by atoms with E-state index in [-0.39, 0.29) is 11.4 Å². The summed E-state index contributed by atoms with van der Waals surface area (Å²) in [6.45, 7) is 4.43. The number of rotatable bonds is 6. The molecule has 0 radical (unpaired) electrons. The summed E-state index contributed by atoms with van der Waals surface area (Å²) >= 11 is 0. The third-order valence-corrected chi connectivity index (χ3v) is 6.76. The van der Waals surface area contributed by atoms with E-state index < -0.39 is 0 Å². The third-order valence-electron chi connectivity index (χ3n) is 6.76. The molecular formula is C26H31N3O2. The lowest BCUT2D eigenvalue weighted by Crippen LogP contribution is -2.55. The maximum atomic E-state index is 12.7. The van der Waals surface area contributed by atoms with Crippen LogP contribution in [-0.2, 0) is 17.8 Å². The maximum Gasteiger partial charge on any atom is 0.252 e. The Morgan fingerprint density at radius 3 is 2.61 bits per heavy atom. The van der Waals surface area contributed by atoms with Gasteiger partial charge in [0.25, 0.3) is 5.91 Å². The van der Waals surface area contributed by atoms with Gasteiger partial charge in [-0.2, -0.15) is 10.3 Å². The van der Waals surface area contributed by atoms with E-state index in [2.05, 4.69) is 17.0 Å². The zero-order valence-corrected chi connectivity index (χ0v) is 18.3. The maximum absolute atomic E-state index is 12.7. The minimum atomic E-state index is -0.259. The quantitative estimate of drug-likeness (QED) is 0.631. The Kier molecular flexibility index (Phi) is 6.58. The Balaban J connectivity index is 1.48. The summed E-state index contributed by atoms with van der Waals surface area (Å²) in [6, 6.07) is 17.9. The lowest BCUT2D eigenvalue weighted by atomic mass is 9.78. The van der Waals surface area contributed by atoms with Crippen molar-refractivity contribution in [3.63, 3.8) is 0 Å². The normalized spacial score (nSPS) is 17.9. The first kappa shape index (κ1) is 21.4. The minimum Gasteiger partial charge on any atom is -0.376 e. The topological polar surface area (TPSA) is 56.6 Å². The van der Waals surface area contributed by atoms with E-state index in [1.165, 1.54) is 17.5 Å². The molecule has 0 bridgehead atoms. The number of hydrogen-bond acceptors (Lipinski definition) is 4. The highest BCUT2D eigenvalue weighted by atomic mass is 16.7. The van der Waals surface area contributed by atoms with Gasteiger partial charge in [-0.25, -0.2) is 0 Å². The van der Waals surface area contributed by atoms with Crippen molar-refractivity contribution in [3.05, 3.63) is 65.2 Å². The first-order chi connectivity index (χ1) is 15.1. The molecule has 1 fully saturated rings.